The molecule has 21 heavy (non-hydrogen) atoms. The quantitative estimate of drug-likeness (QED) is 0.481. The van der Waals surface area contributed by atoms with Crippen molar-refractivity contribution in [3.05, 3.63) is 25.3 Å². The number of rotatable bonds is 9. The van der Waals surface area contributed by atoms with E-state index in [0.717, 1.165) is 36.8 Å². The summed E-state index contributed by atoms with van der Waals surface area (Å²) < 4.78 is 0. The molecule has 0 spiro atoms. The molecule has 0 aliphatic carbocycles. The first-order chi connectivity index (χ1) is 10.0. The number of nitrogens with zero attached hydrogens (tertiary/aromatic N) is 1. The number of amides is 1. The summed E-state index contributed by atoms with van der Waals surface area (Å²) in [5.41, 5.74) is -0.587. The average molecular weight is 293 g/mol. The van der Waals surface area contributed by atoms with E-state index in [2.05, 4.69) is 27.0 Å². The minimum Gasteiger partial charge on any atom is -0.333 e. The van der Waals surface area contributed by atoms with E-state index in [1.165, 1.54) is 6.42 Å². The molecule has 1 amide bonds. The normalized spacial score (nSPS) is 23.0. The zero-order valence-corrected chi connectivity index (χ0v) is 13.3. The van der Waals surface area contributed by atoms with Crippen LogP contribution in [0.15, 0.2) is 25.3 Å². The second-order valence-corrected chi connectivity index (χ2v) is 5.75. The van der Waals surface area contributed by atoms with Gasteiger partial charge in [-0.05, 0) is 18.8 Å². The number of carbonyl (C=O) groups is 2. The summed E-state index contributed by atoms with van der Waals surface area (Å²) in [7, 11) is 0. The zero-order valence-electron chi connectivity index (χ0n) is 13.3. The smallest absolute Gasteiger partial charge is 0.333 e. The molecule has 0 aromatic carbocycles. The lowest BCUT2D eigenvalue weighted by Crippen LogP contribution is -2.36. The van der Waals surface area contributed by atoms with E-state index in [0.29, 0.717) is 18.9 Å². The van der Waals surface area contributed by atoms with Gasteiger partial charge in [0.25, 0.3) is 5.91 Å². The van der Waals surface area contributed by atoms with E-state index in [-0.39, 0.29) is 5.91 Å². The van der Waals surface area contributed by atoms with Crippen molar-refractivity contribution in [1.29, 1.82) is 0 Å². The molecule has 1 fully saturated rings. The lowest BCUT2D eigenvalue weighted by molar-refractivity contribution is -0.190. The average Bonchev–Trinajstić information content (AvgIpc) is 2.81. The Kier molecular flexibility index (Phi) is 6.66. The SMILES string of the molecule is C=CC(=O)ON1CCC(C=C)(CC(CC)CCCC)C1=O. The van der Waals surface area contributed by atoms with Gasteiger partial charge in [-0.2, -0.15) is 5.06 Å². The topological polar surface area (TPSA) is 46.6 Å². The van der Waals surface area contributed by atoms with Gasteiger partial charge in [0.05, 0.1) is 12.0 Å². The van der Waals surface area contributed by atoms with Crippen molar-refractivity contribution in [3.8, 4) is 0 Å². The Hall–Kier alpha value is -1.58. The highest BCUT2D eigenvalue weighted by Crippen LogP contribution is 2.41. The van der Waals surface area contributed by atoms with Crippen LogP contribution >= 0.6 is 0 Å². The molecule has 1 aliphatic rings. The minimum absolute atomic E-state index is 0.150. The molecule has 0 N–H and O–H groups in total. The third-order valence-corrected chi connectivity index (χ3v) is 4.37. The summed E-state index contributed by atoms with van der Waals surface area (Å²) in [4.78, 5) is 28.9. The van der Waals surface area contributed by atoms with Gasteiger partial charge in [-0.25, -0.2) is 4.79 Å². The number of unbranched alkanes of at least 4 members (excludes halogenated alkanes) is 1. The van der Waals surface area contributed by atoms with Gasteiger partial charge in [-0.3, -0.25) is 4.79 Å². The van der Waals surface area contributed by atoms with Crippen LogP contribution in [0.5, 0.6) is 0 Å². The summed E-state index contributed by atoms with van der Waals surface area (Å²) in [6.07, 6.45) is 8.76. The summed E-state index contributed by atoms with van der Waals surface area (Å²) in [5, 5.41) is 1.16. The summed E-state index contributed by atoms with van der Waals surface area (Å²) >= 11 is 0. The van der Waals surface area contributed by atoms with E-state index in [4.69, 9.17) is 4.84 Å². The molecule has 0 radical (unpaired) electrons. The molecule has 1 rings (SSSR count). The highest BCUT2D eigenvalue weighted by molar-refractivity contribution is 5.88. The second kappa shape index (κ2) is 8.01. The van der Waals surface area contributed by atoms with Crippen molar-refractivity contribution in [2.45, 2.75) is 52.4 Å². The van der Waals surface area contributed by atoms with Gasteiger partial charge in [-0.1, -0.05) is 52.2 Å². The van der Waals surface area contributed by atoms with Crippen molar-refractivity contribution in [3.63, 3.8) is 0 Å². The van der Waals surface area contributed by atoms with E-state index < -0.39 is 11.4 Å². The molecule has 1 aliphatic heterocycles. The van der Waals surface area contributed by atoms with Crippen LogP contribution in [0.25, 0.3) is 0 Å². The van der Waals surface area contributed by atoms with E-state index in [9.17, 15) is 9.59 Å². The molecular weight excluding hydrogens is 266 g/mol. The summed E-state index contributed by atoms with van der Waals surface area (Å²) in [6.45, 7) is 12.0. The Bertz CT molecular complexity index is 405. The largest absolute Gasteiger partial charge is 0.355 e. The van der Waals surface area contributed by atoms with Gasteiger partial charge in [0.1, 0.15) is 0 Å². The monoisotopic (exact) mass is 293 g/mol. The molecule has 1 saturated heterocycles. The van der Waals surface area contributed by atoms with Crippen LogP contribution in [0.1, 0.15) is 52.4 Å². The number of carbonyl (C=O) groups excluding carboxylic acids is 2. The Balaban J connectivity index is 2.76. The number of hydroxylamine groups is 2. The van der Waals surface area contributed by atoms with Gasteiger partial charge < -0.3 is 4.84 Å². The predicted octanol–water partition coefficient (Wildman–Crippen LogP) is 3.64. The predicted molar refractivity (Wildman–Crippen MR) is 83.2 cm³/mol. The fourth-order valence-electron chi connectivity index (χ4n) is 2.91. The fraction of sp³-hybridized carbons (Fsp3) is 0.647. The molecule has 4 heteroatoms. The zero-order chi connectivity index (χ0) is 15.9. The van der Waals surface area contributed by atoms with Crippen molar-refractivity contribution < 1.29 is 14.4 Å². The van der Waals surface area contributed by atoms with Crippen LogP contribution in [-0.4, -0.2) is 23.5 Å². The molecule has 118 valence electrons. The first-order valence-electron chi connectivity index (χ1n) is 7.82. The van der Waals surface area contributed by atoms with Crippen LogP contribution in [0.4, 0.5) is 0 Å². The summed E-state index contributed by atoms with van der Waals surface area (Å²) in [5.74, 6) is -0.245. The molecule has 0 aromatic rings. The lowest BCUT2D eigenvalue weighted by Gasteiger charge is -2.28. The van der Waals surface area contributed by atoms with Crippen molar-refractivity contribution in [2.75, 3.05) is 6.54 Å². The Morgan fingerprint density at radius 3 is 2.71 bits per heavy atom. The highest BCUT2D eigenvalue weighted by atomic mass is 16.7. The Labute approximate surface area is 127 Å². The Morgan fingerprint density at radius 2 is 2.19 bits per heavy atom. The van der Waals surface area contributed by atoms with Crippen LogP contribution in [0, 0.1) is 11.3 Å². The van der Waals surface area contributed by atoms with E-state index >= 15 is 0 Å². The molecule has 2 atom stereocenters. The number of hydrogen-bond acceptors (Lipinski definition) is 3. The first kappa shape index (κ1) is 17.5. The minimum atomic E-state index is -0.596. The molecule has 0 aromatic heterocycles. The van der Waals surface area contributed by atoms with Gasteiger partial charge >= 0.3 is 5.97 Å². The third kappa shape index (κ3) is 4.19. The van der Waals surface area contributed by atoms with Gasteiger partial charge in [0.15, 0.2) is 0 Å². The van der Waals surface area contributed by atoms with Crippen molar-refractivity contribution in [2.24, 2.45) is 11.3 Å². The maximum absolute atomic E-state index is 12.6. The standard InChI is InChI=1S/C17H27NO3/c1-5-9-10-14(6-2)13-17(8-4)11-12-18(16(17)20)21-15(19)7-3/h7-8,14H,3-6,9-13H2,1-2H3. The molecule has 0 saturated carbocycles. The lowest BCUT2D eigenvalue weighted by atomic mass is 9.76. The van der Waals surface area contributed by atoms with Crippen LogP contribution in [0.2, 0.25) is 0 Å². The maximum atomic E-state index is 12.6. The molecule has 0 bridgehead atoms. The van der Waals surface area contributed by atoms with Gasteiger partial charge in [-0.15, -0.1) is 6.58 Å². The molecule has 4 nitrogen and oxygen atoms in total. The molecule has 1 heterocycles. The maximum Gasteiger partial charge on any atom is 0.355 e. The van der Waals surface area contributed by atoms with Crippen molar-refractivity contribution >= 4 is 11.9 Å². The fourth-order valence-corrected chi connectivity index (χ4v) is 2.91. The van der Waals surface area contributed by atoms with Crippen molar-refractivity contribution in [1.82, 2.24) is 5.06 Å². The van der Waals surface area contributed by atoms with Crippen LogP contribution in [-0.2, 0) is 14.4 Å². The number of hydrogen-bond donors (Lipinski definition) is 0. The third-order valence-electron chi connectivity index (χ3n) is 4.37. The molecular formula is C17H27NO3. The Morgan fingerprint density at radius 1 is 1.48 bits per heavy atom. The van der Waals surface area contributed by atoms with Gasteiger partial charge in [0.2, 0.25) is 0 Å². The van der Waals surface area contributed by atoms with E-state index in [1.54, 1.807) is 6.08 Å². The first-order valence-corrected chi connectivity index (χ1v) is 7.82. The summed E-state index contributed by atoms with van der Waals surface area (Å²) in [6, 6.07) is 0. The van der Waals surface area contributed by atoms with Crippen LogP contribution in [0.3, 0.4) is 0 Å². The second-order valence-electron chi connectivity index (χ2n) is 5.75. The van der Waals surface area contributed by atoms with Gasteiger partial charge in [0, 0.05) is 6.08 Å². The van der Waals surface area contributed by atoms with Crippen LogP contribution < -0.4 is 0 Å². The van der Waals surface area contributed by atoms with E-state index in [1.807, 2.05) is 0 Å². The molecule has 2 unspecified atom stereocenters. The highest BCUT2D eigenvalue weighted by Gasteiger charge is 2.46.